The normalized spacial score (nSPS) is 43.4. The molecule has 2 fully saturated rings. The first-order valence-electron chi connectivity index (χ1n) is 7.05. The Morgan fingerprint density at radius 1 is 1.53 bits per heavy atom. The predicted molar refractivity (Wildman–Crippen MR) is 77.5 cm³/mol. The fraction of sp³-hybridized carbons (Fsp3) is 0.588. The Morgan fingerprint density at radius 3 is 2.74 bits per heavy atom. The Morgan fingerprint density at radius 2 is 2.21 bits per heavy atom. The molecule has 0 aromatic rings. The Bertz CT molecular complexity index is 435. The topological polar surface area (TPSA) is 26.3 Å². The van der Waals surface area contributed by atoms with Crippen LogP contribution in [0.4, 0.5) is 0 Å². The minimum atomic E-state index is 0.0450. The fourth-order valence-electron chi connectivity index (χ4n) is 3.92. The maximum absolute atomic E-state index is 10.7. The van der Waals surface area contributed by atoms with Crippen LogP contribution in [0.3, 0.4) is 0 Å². The SMILES string of the molecule is C=CC1(C)CCC2C(C)C(=CC=O)OC2C1C(=C)C. The third-order valence-corrected chi connectivity index (χ3v) is 5.07. The Labute approximate surface area is 116 Å². The number of fused-ring (bicyclic) bond motifs is 1. The number of ether oxygens (including phenoxy) is 1. The second-order valence-corrected chi connectivity index (χ2v) is 6.31. The zero-order chi connectivity index (χ0) is 14.2. The molecule has 1 saturated heterocycles. The van der Waals surface area contributed by atoms with Gasteiger partial charge in [0.15, 0.2) is 0 Å². The lowest BCUT2D eigenvalue weighted by Crippen LogP contribution is -2.44. The summed E-state index contributed by atoms with van der Waals surface area (Å²) in [7, 11) is 0. The molecule has 2 aliphatic rings. The van der Waals surface area contributed by atoms with Gasteiger partial charge >= 0.3 is 0 Å². The quantitative estimate of drug-likeness (QED) is 0.437. The van der Waals surface area contributed by atoms with Gasteiger partial charge in [0, 0.05) is 23.8 Å². The van der Waals surface area contributed by atoms with Crippen molar-refractivity contribution in [3.63, 3.8) is 0 Å². The van der Waals surface area contributed by atoms with Gasteiger partial charge < -0.3 is 4.74 Å². The van der Waals surface area contributed by atoms with Crippen LogP contribution in [0.25, 0.3) is 0 Å². The third-order valence-electron chi connectivity index (χ3n) is 5.07. The number of rotatable bonds is 3. The van der Waals surface area contributed by atoms with E-state index in [-0.39, 0.29) is 17.4 Å². The minimum absolute atomic E-state index is 0.0450. The van der Waals surface area contributed by atoms with E-state index in [9.17, 15) is 4.79 Å². The number of carbonyl (C=O) groups excluding carboxylic acids is 1. The lowest BCUT2D eigenvalue weighted by Gasteiger charge is -2.45. The van der Waals surface area contributed by atoms with Gasteiger partial charge in [0.1, 0.15) is 18.1 Å². The van der Waals surface area contributed by atoms with Crippen molar-refractivity contribution in [3.8, 4) is 0 Å². The molecule has 0 radical (unpaired) electrons. The number of hydrogen-bond acceptors (Lipinski definition) is 2. The van der Waals surface area contributed by atoms with Crippen LogP contribution in [0, 0.1) is 23.2 Å². The van der Waals surface area contributed by atoms with Gasteiger partial charge in [-0.05, 0) is 25.2 Å². The molecule has 19 heavy (non-hydrogen) atoms. The fourth-order valence-corrected chi connectivity index (χ4v) is 3.92. The first-order valence-corrected chi connectivity index (χ1v) is 7.05. The highest BCUT2D eigenvalue weighted by Crippen LogP contribution is 2.54. The summed E-state index contributed by atoms with van der Waals surface area (Å²) in [5.41, 5.74) is 1.19. The summed E-state index contributed by atoms with van der Waals surface area (Å²) in [6.45, 7) is 14.6. The molecule has 0 amide bonds. The molecule has 0 bridgehead atoms. The van der Waals surface area contributed by atoms with E-state index in [1.165, 1.54) is 0 Å². The standard InChI is InChI=1S/C17H24O2/c1-6-17(5)9-7-13-12(4)14(8-10-18)19-16(13)15(17)11(2)3/h6,8,10,12-13,15-16H,1-2,7,9H2,3-5H3. The monoisotopic (exact) mass is 260 g/mol. The molecule has 0 aromatic heterocycles. The van der Waals surface area contributed by atoms with E-state index in [0.717, 1.165) is 30.5 Å². The molecule has 5 atom stereocenters. The van der Waals surface area contributed by atoms with Crippen molar-refractivity contribution in [1.29, 1.82) is 0 Å². The highest BCUT2D eigenvalue weighted by atomic mass is 16.5. The zero-order valence-electron chi connectivity index (χ0n) is 12.2. The zero-order valence-corrected chi connectivity index (χ0v) is 12.2. The number of hydrogen-bond donors (Lipinski definition) is 0. The van der Waals surface area contributed by atoms with Crippen LogP contribution in [-0.4, -0.2) is 12.4 Å². The maximum atomic E-state index is 10.7. The summed E-state index contributed by atoms with van der Waals surface area (Å²) < 4.78 is 6.11. The Kier molecular flexibility index (Phi) is 3.71. The van der Waals surface area contributed by atoms with E-state index in [2.05, 4.69) is 40.0 Å². The molecule has 1 aliphatic heterocycles. The number of aldehydes is 1. The predicted octanol–water partition coefficient (Wildman–Crippen LogP) is 3.90. The molecule has 1 aliphatic carbocycles. The molecule has 5 unspecified atom stereocenters. The Hall–Kier alpha value is -1.31. The average Bonchev–Trinajstić information content (AvgIpc) is 2.66. The average molecular weight is 260 g/mol. The van der Waals surface area contributed by atoms with Crippen LogP contribution in [-0.2, 0) is 9.53 Å². The van der Waals surface area contributed by atoms with E-state index in [1.807, 2.05) is 0 Å². The molecule has 2 nitrogen and oxygen atoms in total. The van der Waals surface area contributed by atoms with Gasteiger partial charge in [-0.25, -0.2) is 0 Å². The van der Waals surface area contributed by atoms with Gasteiger partial charge in [-0.2, -0.15) is 0 Å². The summed E-state index contributed by atoms with van der Waals surface area (Å²) in [4.78, 5) is 10.7. The van der Waals surface area contributed by atoms with Crippen LogP contribution in [0.2, 0.25) is 0 Å². The highest BCUT2D eigenvalue weighted by Gasteiger charge is 2.52. The third kappa shape index (κ3) is 2.18. The van der Waals surface area contributed by atoms with Crippen molar-refractivity contribution < 1.29 is 9.53 Å². The van der Waals surface area contributed by atoms with Gasteiger partial charge in [0.05, 0.1) is 0 Å². The van der Waals surface area contributed by atoms with Crippen LogP contribution < -0.4 is 0 Å². The summed E-state index contributed by atoms with van der Waals surface area (Å²) >= 11 is 0. The van der Waals surface area contributed by atoms with Gasteiger partial charge in [0.2, 0.25) is 0 Å². The van der Waals surface area contributed by atoms with E-state index in [4.69, 9.17) is 4.74 Å². The summed E-state index contributed by atoms with van der Waals surface area (Å²) in [6, 6.07) is 0. The largest absolute Gasteiger partial charge is 0.493 e. The van der Waals surface area contributed by atoms with Gasteiger partial charge in [-0.15, -0.1) is 6.58 Å². The second kappa shape index (κ2) is 4.99. The van der Waals surface area contributed by atoms with Crippen LogP contribution in [0.15, 0.2) is 36.6 Å². The minimum Gasteiger partial charge on any atom is -0.493 e. The molecule has 2 heteroatoms. The number of allylic oxidation sites excluding steroid dienone is 3. The molecule has 1 saturated carbocycles. The van der Waals surface area contributed by atoms with Crippen LogP contribution >= 0.6 is 0 Å². The van der Waals surface area contributed by atoms with Crippen molar-refractivity contribution in [2.45, 2.75) is 39.7 Å². The Balaban J connectivity index is 2.37. The molecule has 1 heterocycles. The van der Waals surface area contributed by atoms with Gasteiger partial charge in [-0.1, -0.05) is 32.1 Å². The van der Waals surface area contributed by atoms with Crippen molar-refractivity contribution in [2.24, 2.45) is 23.2 Å². The second-order valence-electron chi connectivity index (χ2n) is 6.31. The lowest BCUT2D eigenvalue weighted by molar-refractivity contribution is -0.104. The van der Waals surface area contributed by atoms with Gasteiger partial charge in [-0.3, -0.25) is 4.79 Å². The molecular weight excluding hydrogens is 236 g/mol. The molecule has 104 valence electrons. The molecule has 2 rings (SSSR count). The van der Waals surface area contributed by atoms with Crippen LogP contribution in [0.5, 0.6) is 0 Å². The maximum Gasteiger partial charge on any atom is 0.146 e. The first-order chi connectivity index (χ1) is 8.94. The molecule has 0 aromatic carbocycles. The molecule has 0 N–H and O–H groups in total. The van der Waals surface area contributed by atoms with E-state index >= 15 is 0 Å². The van der Waals surface area contributed by atoms with Crippen molar-refractivity contribution in [2.75, 3.05) is 0 Å². The van der Waals surface area contributed by atoms with Gasteiger partial charge in [0.25, 0.3) is 0 Å². The molecule has 0 spiro atoms. The van der Waals surface area contributed by atoms with Crippen LogP contribution in [0.1, 0.15) is 33.6 Å². The van der Waals surface area contributed by atoms with E-state index in [0.29, 0.717) is 11.8 Å². The molecular formula is C17H24O2. The highest BCUT2D eigenvalue weighted by molar-refractivity contribution is 5.65. The lowest BCUT2D eigenvalue weighted by atomic mass is 9.59. The first kappa shape index (κ1) is 14.1. The smallest absolute Gasteiger partial charge is 0.146 e. The summed E-state index contributed by atoms with van der Waals surface area (Å²) in [6.07, 6.45) is 6.81. The summed E-state index contributed by atoms with van der Waals surface area (Å²) in [5, 5.41) is 0. The van der Waals surface area contributed by atoms with E-state index in [1.54, 1.807) is 6.08 Å². The van der Waals surface area contributed by atoms with Crippen molar-refractivity contribution in [1.82, 2.24) is 0 Å². The summed E-state index contributed by atoms with van der Waals surface area (Å²) in [5.74, 6) is 1.93. The van der Waals surface area contributed by atoms with Crippen molar-refractivity contribution in [3.05, 3.63) is 36.6 Å². The number of carbonyl (C=O) groups is 1. The van der Waals surface area contributed by atoms with Crippen molar-refractivity contribution >= 4 is 6.29 Å². The van der Waals surface area contributed by atoms with E-state index < -0.39 is 0 Å².